The first kappa shape index (κ1) is 21.6. The third-order valence-electron chi connectivity index (χ3n) is 5.20. The second-order valence-corrected chi connectivity index (χ2v) is 8.37. The van der Waals surface area contributed by atoms with E-state index in [1.807, 2.05) is 12.1 Å². The molecular formula is C22H26Cl3NO2. The van der Waals surface area contributed by atoms with Gasteiger partial charge in [0, 0.05) is 39.3 Å². The van der Waals surface area contributed by atoms with E-state index >= 15 is 0 Å². The van der Waals surface area contributed by atoms with E-state index in [1.54, 1.807) is 25.3 Å². The number of rotatable bonds is 7. The highest BCUT2D eigenvalue weighted by Gasteiger charge is 2.15. The second kappa shape index (κ2) is 10.6. The summed E-state index contributed by atoms with van der Waals surface area (Å²) in [6, 6.07) is 9.69. The minimum atomic E-state index is 0.241. The fourth-order valence-corrected chi connectivity index (χ4v) is 4.27. The molecule has 0 radical (unpaired) electrons. The van der Waals surface area contributed by atoms with Gasteiger partial charge in [0.2, 0.25) is 0 Å². The van der Waals surface area contributed by atoms with Gasteiger partial charge >= 0.3 is 0 Å². The summed E-state index contributed by atoms with van der Waals surface area (Å²) in [6.45, 7) is 0.960. The first-order valence-electron chi connectivity index (χ1n) is 9.74. The quantitative estimate of drug-likeness (QED) is 0.466. The zero-order valence-electron chi connectivity index (χ0n) is 16.1. The van der Waals surface area contributed by atoms with Crippen molar-refractivity contribution in [2.24, 2.45) is 0 Å². The highest BCUT2D eigenvalue weighted by molar-refractivity contribution is 6.36. The number of ether oxygens (including phenoxy) is 2. The van der Waals surface area contributed by atoms with Crippen molar-refractivity contribution in [3.8, 4) is 11.5 Å². The Bertz CT molecular complexity index is 769. The van der Waals surface area contributed by atoms with E-state index < -0.39 is 0 Å². The van der Waals surface area contributed by atoms with Crippen LogP contribution in [0.25, 0.3) is 0 Å². The molecule has 0 saturated heterocycles. The molecule has 1 N–H and O–H groups in total. The summed E-state index contributed by atoms with van der Waals surface area (Å²) in [6.07, 6.45) is 7.74. The highest BCUT2D eigenvalue weighted by Crippen LogP contribution is 2.35. The van der Waals surface area contributed by atoms with Gasteiger partial charge in [-0.2, -0.15) is 0 Å². The zero-order chi connectivity index (χ0) is 19.9. The summed E-state index contributed by atoms with van der Waals surface area (Å²) in [7, 11) is 1.63. The van der Waals surface area contributed by atoms with Crippen molar-refractivity contribution in [3.05, 3.63) is 56.5 Å². The lowest BCUT2D eigenvalue weighted by Gasteiger charge is -2.18. The molecule has 3 nitrogen and oxygen atoms in total. The minimum absolute atomic E-state index is 0.241. The molecule has 2 aromatic carbocycles. The topological polar surface area (TPSA) is 30.5 Å². The first-order chi connectivity index (χ1) is 13.6. The van der Waals surface area contributed by atoms with Gasteiger partial charge in [0.15, 0.2) is 11.5 Å². The van der Waals surface area contributed by atoms with E-state index in [0.717, 1.165) is 17.7 Å². The molecule has 1 aliphatic rings. The summed E-state index contributed by atoms with van der Waals surface area (Å²) in [5.41, 5.74) is 1.74. The molecular weight excluding hydrogens is 417 g/mol. The van der Waals surface area contributed by atoms with Crippen molar-refractivity contribution >= 4 is 34.8 Å². The van der Waals surface area contributed by atoms with Gasteiger partial charge in [-0.25, -0.2) is 0 Å². The van der Waals surface area contributed by atoms with Crippen LogP contribution in [0.2, 0.25) is 15.1 Å². The van der Waals surface area contributed by atoms with Crippen LogP contribution < -0.4 is 14.8 Å². The van der Waals surface area contributed by atoms with Gasteiger partial charge in [-0.05, 0) is 36.6 Å². The Morgan fingerprint density at radius 3 is 2.25 bits per heavy atom. The molecule has 0 spiro atoms. The molecule has 1 saturated carbocycles. The number of hydrogen-bond acceptors (Lipinski definition) is 3. The van der Waals surface area contributed by atoms with Crippen molar-refractivity contribution in [1.29, 1.82) is 0 Å². The Balaban J connectivity index is 1.68. The van der Waals surface area contributed by atoms with Gasteiger partial charge in [-0.15, -0.1) is 0 Å². The predicted octanol–water partition coefficient (Wildman–Crippen LogP) is 7.05. The van der Waals surface area contributed by atoms with Crippen molar-refractivity contribution in [2.45, 2.75) is 57.7 Å². The predicted molar refractivity (Wildman–Crippen MR) is 117 cm³/mol. The Labute approximate surface area is 182 Å². The standard InChI is InChI=1S/C22H26Cl3NO2/c1-27-21-11-15(13-26-16-7-4-2-3-5-8-16)20(25)12-22(21)28-14-17-18(23)9-6-10-19(17)24/h6,9-12,16,26H,2-5,7-8,13-14H2,1H3. The molecule has 0 amide bonds. The number of halogens is 3. The Morgan fingerprint density at radius 1 is 0.929 bits per heavy atom. The highest BCUT2D eigenvalue weighted by atomic mass is 35.5. The van der Waals surface area contributed by atoms with Crippen LogP contribution in [0.4, 0.5) is 0 Å². The van der Waals surface area contributed by atoms with E-state index in [1.165, 1.54) is 38.5 Å². The van der Waals surface area contributed by atoms with Gasteiger partial charge < -0.3 is 14.8 Å². The van der Waals surface area contributed by atoms with E-state index in [2.05, 4.69) is 5.32 Å². The maximum atomic E-state index is 6.52. The minimum Gasteiger partial charge on any atom is -0.493 e. The first-order valence-corrected chi connectivity index (χ1v) is 10.9. The normalized spacial score (nSPS) is 15.3. The zero-order valence-corrected chi connectivity index (χ0v) is 18.3. The van der Waals surface area contributed by atoms with Crippen LogP contribution in [0.15, 0.2) is 30.3 Å². The maximum Gasteiger partial charge on any atom is 0.163 e. The summed E-state index contributed by atoms with van der Waals surface area (Å²) in [4.78, 5) is 0. The number of nitrogens with one attached hydrogen (secondary N) is 1. The van der Waals surface area contributed by atoms with Gasteiger partial charge in [0.25, 0.3) is 0 Å². The van der Waals surface area contributed by atoms with Crippen LogP contribution in [0.1, 0.15) is 49.7 Å². The number of methoxy groups -OCH3 is 1. The Morgan fingerprint density at radius 2 is 1.61 bits per heavy atom. The summed E-state index contributed by atoms with van der Waals surface area (Å²) in [5, 5.41) is 5.44. The lowest BCUT2D eigenvalue weighted by Crippen LogP contribution is -2.28. The van der Waals surface area contributed by atoms with Crippen LogP contribution in [-0.2, 0) is 13.2 Å². The third kappa shape index (κ3) is 5.70. The molecule has 1 fully saturated rings. The van der Waals surface area contributed by atoms with Crippen LogP contribution in [0, 0.1) is 0 Å². The van der Waals surface area contributed by atoms with Gasteiger partial charge in [0.05, 0.1) is 7.11 Å². The molecule has 2 aromatic rings. The van der Waals surface area contributed by atoms with Crippen molar-refractivity contribution < 1.29 is 9.47 Å². The average molecular weight is 443 g/mol. The fourth-order valence-electron chi connectivity index (χ4n) is 3.54. The number of hydrogen-bond donors (Lipinski definition) is 1. The Kier molecular flexibility index (Phi) is 8.16. The molecule has 0 aliphatic heterocycles. The van der Waals surface area contributed by atoms with Gasteiger partial charge in [0.1, 0.15) is 6.61 Å². The molecule has 28 heavy (non-hydrogen) atoms. The van der Waals surface area contributed by atoms with Gasteiger partial charge in [-0.3, -0.25) is 0 Å². The molecule has 6 heteroatoms. The van der Waals surface area contributed by atoms with Crippen LogP contribution in [0.5, 0.6) is 11.5 Å². The van der Waals surface area contributed by atoms with Crippen LogP contribution >= 0.6 is 34.8 Å². The molecule has 0 bridgehead atoms. The van der Waals surface area contributed by atoms with E-state index in [0.29, 0.717) is 32.6 Å². The molecule has 0 aromatic heterocycles. The third-order valence-corrected chi connectivity index (χ3v) is 6.26. The largest absolute Gasteiger partial charge is 0.493 e. The monoisotopic (exact) mass is 441 g/mol. The lowest BCUT2D eigenvalue weighted by molar-refractivity contribution is 0.284. The van der Waals surface area contributed by atoms with Crippen molar-refractivity contribution in [2.75, 3.05) is 7.11 Å². The van der Waals surface area contributed by atoms with E-state index in [4.69, 9.17) is 44.3 Å². The fraction of sp³-hybridized carbons (Fsp3) is 0.455. The summed E-state index contributed by atoms with van der Waals surface area (Å²) >= 11 is 19.0. The number of benzene rings is 2. The molecule has 152 valence electrons. The Hall–Kier alpha value is -1.13. The van der Waals surface area contributed by atoms with Crippen molar-refractivity contribution in [1.82, 2.24) is 5.32 Å². The molecule has 0 unspecified atom stereocenters. The summed E-state index contributed by atoms with van der Waals surface area (Å²) in [5.74, 6) is 1.21. The molecule has 1 aliphatic carbocycles. The van der Waals surface area contributed by atoms with Crippen LogP contribution in [-0.4, -0.2) is 13.2 Å². The lowest BCUT2D eigenvalue weighted by atomic mass is 10.1. The van der Waals surface area contributed by atoms with Crippen molar-refractivity contribution in [3.63, 3.8) is 0 Å². The molecule has 3 rings (SSSR count). The molecule has 0 heterocycles. The smallest absolute Gasteiger partial charge is 0.163 e. The van der Waals surface area contributed by atoms with Gasteiger partial charge in [-0.1, -0.05) is 66.6 Å². The average Bonchev–Trinajstić information content (AvgIpc) is 2.95. The SMILES string of the molecule is COc1cc(CNC2CCCCCC2)c(Cl)cc1OCc1c(Cl)cccc1Cl. The van der Waals surface area contributed by atoms with E-state index in [-0.39, 0.29) is 6.61 Å². The second-order valence-electron chi connectivity index (χ2n) is 7.15. The van der Waals surface area contributed by atoms with E-state index in [9.17, 15) is 0 Å². The summed E-state index contributed by atoms with van der Waals surface area (Å²) < 4.78 is 11.4. The maximum absolute atomic E-state index is 6.52. The van der Waals surface area contributed by atoms with Crippen LogP contribution in [0.3, 0.4) is 0 Å². The molecule has 0 atom stereocenters.